The standard InChI is InChI=1S/C18H22N2O3S2/c1-12-6-7-15-16(11-24-17(15)8-12)18(21)20-10-13-4-3-5-14(9-13)25(22,23)19-2/h3-5,9,11-12,19H,6-8,10H2,1-2H3,(H,20,21). The van der Waals surface area contributed by atoms with E-state index in [2.05, 4.69) is 17.0 Å². The van der Waals surface area contributed by atoms with Crippen molar-refractivity contribution < 1.29 is 13.2 Å². The van der Waals surface area contributed by atoms with E-state index in [0.29, 0.717) is 12.5 Å². The average Bonchev–Trinajstić information content (AvgIpc) is 3.03. The lowest BCUT2D eigenvalue weighted by Crippen LogP contribution is -2.24. The van der Waals surface area contributed by atoms with Gasteiger partial charge < -0.3 is 5.32 Å². The van der Waals surface area contributed by atoms with Gasteiger partial charge in [0.15, 0.2) is 0 Å². The maximum absolute atomic E-state index is 12.5. The maximum atomic E-state index is 12.5. The van der Waals surface area contributed by atoms with Crippen molar-refractivity contribution in [2.75, 3.05) is 7.05 Å². The molecule has 2 N–H and O–H groups in total. The number of rotatable bonds is 5. The Kier molecular flexibility index (Phi) is 5.27. The first kappa shape index (κ1) is 18.1. The molecule has 1 atom stereocenters. The molecule has 1 heterocycles. The molecule has 0 spiro atoms. The van der Waals surface area contributed by atoms with E-state index in [4.69, 9.17) is 0 Å². The normalized spacial score (nSPS) is 17.1. The molecule has 2 aromatic rings. The van der Waals surface area contributed by atoms with Gasteiger partial charge in [-0.1, -0.05) is 19.1 Å². The molecular weight excluding hydrogens is 356 g/mol. The van der Waals surface area contributed by atoms with Crippen molar-refractivity contribution in [1.82, 2.24) is 10.0 Å². The number of carbonyl (C=O) groups is 1. The van der Waals surface area contributed by atoms with E-state index in [9.17, 15) is 13.2 Å². The lowest BCUT2D eigenvalue weighted by atomic mass is 9.88. The van der Waals surface area contributed by atoms with E-state index in [-0.39, 0.29) is 10.8 Å². The van der Waals surface area contributed by atoms with E-state index in [1.165, 1.54) is 23.6 Å². The summed E-state index contributed by atoms with van der Waals surface area (Å²) in [7, 11) is -2.10. The lowest BCUT2D eigenvalue weighted by molar-refractivity contribution is 0.0950. The molecule has 3 rings (SSSR count). The number of hydrogen-bond donors (Lipinski definition) is 2. The third-order valence-corrected chi connectivity index (χ3v) is 7.04. The Balaban J connectivity index is 1.71. The van der Waals surface area contributed by atoms with Crippen molar-refractivity contribution in [2.24, 2.45) is 5.92 Å². The monoisotopic (exact) mass is 378 g/mol. The van der Waals surface area contributed by atoms with Crippen molar-refractivity contribution >= 4 is 27.3 Å². The van der Waals surface area contributed by atoms with Gasteiger partial charge in [0.05, 0.1) is 10.5 Å². The van der Waals surface area contributed by atoms with Crippen molar-refractivity contribution in [3.8, 4) is 0 Å². The fourth-order valence-electron chi connectivity index (χ4n) is 3.09. The predicted molar refractivity (Wildman–Crippen MR) is 99.4 cm³/mol. The lowest BCUT2D eigenvalue weighted by Gasteiger charge is -2.18. The van der Waals surface area contributed by atoms with E-state index in [0.717, 1.165) is 30.4 Å². The molecule has 25 heavy (non-hydrogen) atoms. The van der Waals surface area contributed by atoms with Gasteiger partial charge in [0.2, 0.25) is 10.0 Å². The summed E-state index contributed by atoms with van der Waals surface area (Å²) in [6, 6.07) is 6.60. The van der Waals surface area contributed by atoms with Gasteiger partial charge >= 0.3 is 0 Å². The molecule has 0 fully saturated rings. The molecular formula is C18H22N2O3S2. The van der Waals surface area contributed by atoms with Crippen molar-refractivity contribution in [1.29, 1.82) is 0 Å². The Bertz CT molecular complexity index is 887. The van der Waals surface area contributed by atoms with Crippen LogP contribution in [0.4, 0.5) is 0 Å². The molecule has 0 bridgehead atoms. The summed E-state index contributed by atoms with van der Waals surface area (Å²) in [5.74, 6) is 0.591. The number of fused-ring (bicyclic) bond motifs is 1. The highest BCUT2D eigenvalue weighted by molar-refractivity contribution is 7.89. The molecule has 0 radical (unpaired) electrons. The van der Waals surface area contributed by atoms with E-state index >= 15 is 0 Å². The summed E-state index contributed by atoms with van der Waals surface area (Å²) >= 11 is 1.67. The Hall–Kier alpha value is -1.70. The Morgan fingerprint density at radius 1 is 1.36 bits per heavy atom. The van der Waals surface area contributed by atoms with Crippen LogP contribution in [0.2, 0.25) is 0 Å². The van der Waals surface area contributed by atoms with Crippen LogP contribution in [0.15, 0.2) is 34.5 Å². The van der Waals surface area contributed by atoms with Gasteiger partial charge in [-0.3, -0.25) is 4.79 Å². The van der Waals surface area contributed by atoms with Crippen LogP contribution in [0.25, 0.3) is 0 Å². The number of hydrogen-bond acceptors (Lipinski definition) is 4. The predicted octanol–water partition coefficient (Wildman–Crippen LogP) is 2.71. The summed E-state index contributed by atoms with van der Waals surface area (Å²) in [4.78, 5) is 14.1. The summed E-state index contributed by atoms with van der Waals surface area (Å²) in [6.45, 7) is 2.54. The minimum Gasteiger partial charge on any atom is -0.348 e. The van der Waals surface area contributed by atoms with Crippen LogP contribution in [0.1, 0.15) is 39.7 Å². The quantitative estimate of drug-likeness (QED) is 0.840. The first-order valence-corrected chi connectivity index (χ1v) is 10.7. The molecule has 1 aliphatic rings. The molecule has 1 aliphatic carbocycles. The van der Waals surface area contributed by atoms with Gasteiger partial charge in [-0.25, -0.2) is 13.1 Å². The summed E-state index contributed by atoms with van der Waals surface area (Å²) < 4.78 is 26.0. The zero-order chi connectivity index (χ0) is 18.0. The fourth-order valence-corrected chi connectivity index (χ4v) is 5.13. The molecule has 7 heteroatoms. The zero-order valence-electron chi connectivity index (χ0n) is 14.3. The minimum absolute atomic E-state index is 0.0890. The number of nitrogens with one attached hydrogen (secondary N) is 2. The number of carbonyl (C=O) groups excluding carboxylic acids is 1. The van der Waals surface area contributed by atoms with Crippen LogP contribution < -0.4 is 10.0 Å². The van der Waals surface area contributed by atoms with Gasteiger partial charge in [0.1, 0.15) is 0 Å². The summed E-state index contributed by atoms with van der Waals surface area (Å²) in [5.41, 5.74) is 2.71. The minimum atomic E-state index is -3.48. The molecule has 0 saturated carbocycles. The van der Waals surface area contributed by atoms with Crippen LogP contribution >= 0.6 is 11.3 Å². The van der Waals surface area contributed by atoms with Gasteiger partial charge in [-0.05, 0) is 55.5 Å². The number of benzene rings is 1. The third-order valence-electron chi connectivity index (χ3n) is 4.58. The van der Waals surface area contributed by atoms with Crippen LogP contribution in [0, 0.1) is 5.92 Å². The molecule has 5 nitrogen and oxygen atoms in total. The Morgan fingerprint density at radius 2 is 2.16 bits per heavy atom. The van der Waals surface area contributed by atoms with Crippen molar-refractivity contribution in [3.63, 3.8) is 0 Å². The van der Waals surface area contributed by atoms with Gasteiger partial charge in [-0.15, -0.1) is 11.3 Å². The van der Waals surface area contributed by atoms with E-state index in [1.54, 1.807) is 29.5 Å². The highest BCUT2D eigenvalue weighted by atomic mass is 32.2. The van der Waals surface area contributed by atoms with Crippen LogP contribution in [-0.2, 0) is 29.4 Å². The average molecular weight is 379 g/mol. The highest BCUT2D eigenvalue weighted by Gasteiger charge is 2.23. The number of sulfonamides is 1. The maximum Gasteiger partial charge on any atom is 0.252 e. The first-order chi connectivity index (χ1) is 11.9. The third kappa shape index (κ3) is 3.94. The van der Waals surface area contributed by atoms with Crippen LogP contribution in [0.5, 0.6) is 0 Å². The zero-order valence-corrected chi connectivity index (χ0v) is 16.0. The topological polar surface area (TPSA) is 75.3 Å². The SMILES string of the molecule is CNS(=O)(=O)c1cccc(CNC(=O)c2csc3c2CCC(C)C3)c1. The van der Waals surface area contributed by atoms with Crippen LogP contribution in [0.3, 0.4) is 0 Å². The molecule has 1 unspecified atom stereocenters. The smallest absolute Gasteiger partial charge is 0.252 e. The van der Waals surface area contributed by atoms with Crippen LogP contribution in [-0.4, -0.2) is 21.4 Å². The van der Waals surface area contributed by atoms with Crippen molar-refractivity contribution in [2.45, 2.75) is 37.6 Å². The summed E-state index contributed by atoms with van der Waals surface area (Å²) in [6.07, 6.45) is 3.13. The summed E-state index contributed by atoms with van der Waals surface area (Å²) in [5, 5.41) is 4.86. The van der Waals surface area contributed by atoms with Gasteiger partial charge in [0, 0.05) is 16.8 Å². The van der Waals surface area contributed by atoms with Gasteiger partial charge in [-0.2, -0.15) is 0 Å². The second kappa shape index (κ2) is 7.27. The molecule has 1 amide bonds. The molecule has 134 valence electrons. The second-order valence-electron chi connectivity index (χ2n) is 6.44. The highest BCUT2D eigenvalue weighted by Crippen LogP contribution is 2.32. The fraction of sp³-hybridized carbons (Fsp3) is 0.389. The van der Waals surface area contributed by atoms with Crippen molar-refractivity contribution in [3.05, 3.63) is 51.2 Å². The first-order valence-electron chi connectivity index (χ1n) is 8.30. The molecule has 0 aliphatic heterocycles. The Morgan fingerprint density at radius 3 is 2.92 bits per heavy atom. The molecule has 1 aromatic heterocycles. The van der Waals surface area contributed by atoms with E-state index in [1.807, 2.05) is 5.38 Å². The number of amides is 1. The molecule has 0 saturated heterocycles. The van der Waals surface area contributed by atoms with E-state index < -0.39 is 10.0 Å². The number of thiophene rings is 1. The second-order valence-corrected chi connectivity index (χ2v) is 9.29. The molecule has 1 aromatic carbocycles. The largest absolute Gasteiger partial charge is 0.348 e. The van der Waals surface area contributed by atoms with Gasteiger partial charge in [0.25, 0.3) is 5.91 Å². The Labute approximate surface area is 152 Å².